The Bertz CT molecular complexity index is 549. The maximum absolute atomic E-state index is 12.3. The Hall–Kier alpha value is -1.07. The minimum Gasteiger partial charge on any atom is -0.481 e. The number of benzene rings is 1. The van der Waals surface area contributed by atoms with Crippen molar-refractivity contribution in [3.8, 4) is 0 Å². The Morgan fingerprint density at radius 2 is 2.16 bits per heavy atom. The molecule has 6 heteroatoms. The zero-order valence-electron chi connectivity index (χ0n) is 10.3. The van der Waals surface area contributed by atoms with Gasteiger partial charge in [0, 0.05) is 23.1 Å². The second-order valence-corrected chi connectivity index (χ2v) is 6.23. The van der Waals surface area contributed by atoms with Crippen LogP contribution in [-0.2, 0) is 4.79 Å². The van der Waals surface area contributed by atoms with Gasteiger partial charge in [-0.1, -0.05) is 11.6 Å². The van der Waals surface area contributed by atoms with E-state index in [9.17, 15) is 9.59 Å². The molecule has 2 rings (SSSR count). The first-order chi connectivity index (χ1) is 8.83. The molecule has 1 N–H and O–H groups in total. The van der Waals surface area contributed by atoms with Gasteiger partial charge in [-0.05, 0) is 47.5 Å². The van der Waals surface area contributed by atoms with Crippen molar-refractivity contribution in [1.82, 2.24) is 4.90 Å². The monoisotopic (exact) mass is 345 g/mol. The molecule has 19 heavy (non-hydrogen) atoms. The van der Waals surface area contributed by atoms with Crippen molar-refractivity contribution < 1.29 is 14.7 Å². The van der Waals surface area contributed by atoms with Gasteiger partial charge in [0.25, 0.3) is 5.91 Å². The highest BCUT2D eigenvalue weighted by molar-refractivity contribution is 9.10. The molecule has 1 fully saturated rings. The van der Waals surface area contributed by atoms with Gasteiger partial charge in [0.2, 0.25) is 0 Å². The number of rotatable bonds is 2. The Balaban J connectivity index is 2.18. The van der Waals surface area contributed by atoms with E-state index in [-0.39, 0.29) is 12.5 Å². The summed E-state index contributed by atoms with van der Waals surface area (Å²) in [4.78, 5) is 25.0. The third kappa shape index (κ3) is 2.77. The lowest BCUT2D eigenvalue weighted by atomic mass is 9.90. The summed E-state index contributed by atoms with van der Waals surface area (Å²) < 4.78 is 0.653. The van der Waals surface area contributed by atoms with Gasteiger partial charge in [-0.2, -0.15) is 0 Å². The van der Waals surface area contributed by atoms with Gasteiger partial charge >= 0.3 is 5.97 Å². The van der Waals surface area contributed by atoms with Crippen LogP contribution in [0.15, 0.2) is 22.7 Å². The lowest BCUT2D eigenvalue weighted by Crippen LogP contribution is -2.34. The Morgan fingerprint density at radius 3 is 2.68 bits per heavy atom. The predicted octanol–water partition coefficient (Wildman–Crippen LogP) is 3.04. The molecule has 0 saturated carbocycles. The molecule has 0 aliphatic carbocycles. The molecule has 4 nitrogen and oxygen atoms in total. The molecule has 0 bridgehead atoms. The lowest BCUT2D eigenvalue weighted by Gasteiger charge is -2.20. The molecule has 1 amide bonds. The Kier molecular flexibility index (Phi) is 3.87. The third-order valence-electron chi connectivity index (χ3n) is 3.44. The van der Waals surface area contributed by atoms with Gasteiger partial charge in [0.15, 0.2) is 0 Å². The van der Waals surface area contributed by atoms with E-state index >= 15 is 0 Å². The number of nitrogens with zero attached hydrogens (tertiary/aromatic N) is 1. The molecule has 1 aliphatic rings. The average molecular weight is 347 g/mol. The Morgan fingerprint density at radius 1 is 1.47 bits per heavy atom. The van der Waals surface area contributed by atoms with Crippen LogP contribution in [-0.4, -0.2) is 35.0 Å². The number of likely N-dealkylation sites (tertiary alicyclic amines) is 1. The summed E-state index contributed by atoms with van der Waals surface area (Å²) in [6, 6.07) is 4.94. The molecular weight excluding hydrogens is 334 g/mol. The molecule has 0 spiro atoms. The first-order valence-corrected chi connectivity index (χ1v) is 6.98. The van der Waals surface area contributed by atoms with Crippen molar-refractivity contribution in [1.29, 1.82) is 0 Å². The van der Waals surface area contributed by atoms with E-state index in [1.54, 1.807) is 30.0 Å². The highest BCUT2D eigenvalue weighted by Crippen LogP contribution is 2.31. The van der Waals surface area contributed by atoms with Crippen molar-refractivity contribution in [3.05, 3.63) is 33.3 Å². The molecule has 1 aliphatic heterocycles. The number of amides is 1. The van der Waals surface area contributed by atoms with E-state index in [0.29, 0.717) is 28.0 Å². The van der Waals surface area contributed by atoms with Crippen LogP contribution in [0.5, 0.6) is 0 Å². The van der Waals surface area contributed by atoms with Crippen LogP contribution in [0.3, 0.4) is 0 Å². The van der Waals surface area contributed by atoms with E-state index < -0.39 is 11.4 Å². The topological polar surface area (TPSA) is 57.6 Å². The van der Waals surface area contributed by atoms with E-state index in [4.69, 9.17) is 16.7 Å². The third-order valence-corrected chi connectivity index (χ3v) is 4.66. The molecule has 1 aromatic carbocycles. The number of aliphatic carboxylic acids is 1. The summed E-state index contributed by atoms with van der Waals surface area (Å²) >= 11 is 9.15. The maximum Gasteiger partial charge on any atom is 0.311 e. The predicted molar refractivity (Wildman–Crippen MR) is 75.4 cm³/mol. The van der Waals surface area contributed by atoms with E-state index in [0.717, 1.165) is 0 Å². The van der Waals surface area contributed by atoms with Crippen LogP contribution < -0.4 is 0 Å². The van der Waals surface area contributed by atoms with Crippen LogP contribution in [0, 0.1) is 5.41 Å². The molecular formula is C13H13BrClNO3. The zero-order valence-corrected chi connectivity index (χ0v) is 12.7. The summed E-state index contributed by atoms with van der Waals surface area (Å²) in [5, 5.41) is 9.70. The standard InChI is InChI=1S/C13H13BrClNO3/c1-13(12(18)19)4-5-16(7-13)11(17)8-2-3-10(15)9(14)6-8/h2-3,6H,4-5,7H2,1H3,(H,18,19). The number of halogens is 2. The summed E-state index contributed by atoms with van der Waals surface area (Å²) in [7, 11) is 0. The molecule has 0 radical (unpaired) electrons. The van der Waals surface area contributed by atoms with Crippen LogP contribution >= 0.6 is 27.5 Å². The zero-order chi connectivity index (χ0) is 14.2. The van der Waals surface area contributed by atoms with Gasteiger partial charge in [-0.25, -0.2) is 0 Å². The second kappa shape index (κ2) is 5.13. The van der Waals surface area contributed by atoms with Crippen LogP contribution in [0.2, 0.25) is 5.02 Å². The SMILES string of the molecule is CC1(C(=O)O)CCN(C(=O)c2ccc(Cl)c(Br)c2)C1. The molecule has 1 saturated heterocycles. The molecule has 1 unspecified atom stereocenters. The minimum atomic E-state index is -0.861. The van der Waals surface area contributed by atoms with E-state index in [1.807, 2.05) is 0 Å². The first kappa shape index (κ1) is 14.3. The number of carboxylic acids is 1. The highest BCUT2D eigenvalue weighted by Gasteiger charge is 2.42. The van der Waals surface area contributed by atoms with Crippen molar-refractivity contribution in [2.24, 2.45) is 5.41 Å². The normalized spacial score (nSPS) is 22.6. The molecule has 1 heterocycles. The Labute approximate surface area is 124 Å². The average Bonchev–Trinajstić information content (AvgIpc) is 2.76. The fraction of sp³-hybridized carbons (Fsp3) is 0.385. The van der Waals surface area contributed by atoms with Gasteiger partial charge in [-0.3, -0.25) is 9.59 Å². The van der Waals surface area contributed by atoms with Crippen molar-refractivity contribution in [3.63, 3.8) is 0 Å². The lowest BCUT2D eigenvalue weighted by molar-refractivity contribution is -0.147. The summed E-state index contributed by atoms with van der Waals surface area (Å²) in [5.74, 6) is -1.03. The minimum absolute atomic E-state index is 0.164. The van der Waals surface area contributed by atoms with Gasteiger partial charge < -0.3 is 10.0 Å². The summed E-state index contributed by atoms with van der Waals surface area (Å²) in [6.45, 7) is 2.36. The largest absolute Gasteiger partial charge is 0.481 e. The first-order valence-electron chi connectivity index (χ1n) is 5.81. The maximum atomic E-state index is 12.3. The van der Waals surface area contributed by atoms with Crippen LogP contribution in [0.1, 0.15) is 23.7 Å². The number of hydrogen-bond donors (Lipinski definition) is 1. The van der Waals surface area contributed by atoms with Crippen molar-refractivity contribution in [2.75, 3.05) is 13.1 Å². The van der Waals surface area contributed by atoms with Crippen LogP contribution in [0.25, 0.3) is 0 Å². The van der Waals surface area contributed by atoms with Gasteiger partial charge in [0.1, 0.15) is 0 Å². The quantitative estimate of drug-likeness (QED) is 0.895. The smallest absolute Gasteiger partial charge is 0.311 e. The second-order valence-electron chi connectivity index (χ2n) is 4.97. The van der Waals surface area contributed by atoms with Gasteiger partial charge in [-0.15, -0.1) is 0 Å². The molecule has 102 valence electrons. The van der Waals surface area contributed by atoms with Crippen molar-refractivity contribution in [2.45, 2.75) is 13.3 Å². The fourth-order valence-electron chi connectivity index (χ4n) is 2.12. The molecule has 0 aromatic heterocycles. The van der Waals surface area contributed by atoms with Crippen molar-refractivity contribution >= 4 is 39.4 Å². The van der Waals surface area contributed by atoms with E-state index in [2.05, 4.69) is 15.9 Å². The fourth-order valence-corrected chi connectivity index (χ4v) is 2.62. The summed E-state index contributed by atoms with van der Waals surface area (Å²) in [5.41, 5.74) is -0.342. The van der Waals surface area contributed by atoms with Gasteiger partial charge in [0.05, 0.1) is 10.4 Å². The molecule has 1 atom stereocenters. The number of hydrogen-bond acceptors (Lipinski definition) is 2. The highest BCUT2D eigenvalue weighted by atomic mass is 79.9. The summed E-state index contributed by atoms with van der Waals surface area (Å²) in [6.07, 6.45) is 0.475. The number of carbonyl (C=O) groups is 2. The molecule has 1 aromatic rings. The number of carboxylic acid groups (broad SMARTS) is 1. The number of carbonyl (C=O) groups excluding carboxylic acids is 1. The van der Waals surface area contributed by atoms with Crippen LogP contribution in [0.4, 0.5) is 0 Å². The van der Waals surface area contributed by atoms with E-state index in [1.165, 1.54) is 0 Å².